The second-order valence-corrected chi connectivity index (χ2v) is 7.11. The molecule has 3 rings (SSSR count). The largest absolute Gasteiger partial charge is 0.463 e. The number of amides is 1. The second-order valence-electron chi connectivity index (χ2n) is 6.16. The molecule has 0 bridgehead atoms. The molecule has 7 nitrogen and oxygen atoms in total. The maximum Gasteiger partial charge on any atom is 0.433 e. The smallest absolute Gasteiger partial charge is 0.433 e. The number of hydrogen-bond acceptors (Lipinski definition) is 6. The van der Waals surface area contributed by atoms with Gasteiger partial charge in [0, 0.05) is 0 Å². The first-order valence-corrected chi connectivity index (χ1v) is 9.28. The van der Waals surface area contributed by atoms with E-state index < -0.39 is 11.9 Å². The van der Waals surface area contributed by atoms with Crippen molar-refractivity contribution in [3.63, 3.8) is 0 Å². The van der Waals surface area contributed by atoms with Crippen LogP contribution in [-0.2, 0) is 11.0 Å². The van der Waals surface area contributed by atoms with Crippen molar-refractivity contribution < 1.29 is 27.3 Å². The number of piperazine rings is 1. The van der Waals surface area contributed by atoms with Crippen molar-refractivity contribution in [1.29, 1.82) is 0 Å². The quantitative estimate of drug-likeness (QED) is 0.567. The predicted molar refractivity (Wildman–Crippen MR) is 91.8 cm³/mol. The van der Waals surface area contributed by atoms with Crippen molar-refractivity contribution >= 4 is 17.7 Å². The molecular weight excluding hydrogens is 383 g/mol. The van der Waals surface area contributed by atoms with E-state index in [0.717, 1.165) is 44.0 Å². The lowest BCUT2D eigenvalue weighted by atomic mass is 10.2. The van der Waals surface area contributed by atoms with E-state index in [1.54, 1.807) is 6.07 Å². The van der Waals surface area contributed by atoms with E-state index in [1.807, 2.05) is 5.01 Å². The van der Waals surface area contributed by atoms with Crippen LogP contribution in [0.2, 0.25) is 0 Å². The molecule has 1 amide bonds. The molecule has 3 heterocycles. The Morgan fingerprint density at radius 2 is 2.11 bits per heavy atom. The van der Waals surface area contributed by atoms with Crippen molar-refractivity contribution in [2.45, 2.75) is 11.3 Å². The fourth-order valence-corrected chi connectivity index (χ4v) is 3.17. The molecule has 2 aromatic rings. The molecule has 0 aromatic carbocycles. The highest BCUT2D eigenvalue weighted by Crippen LogP contribution is 2.32. The Kier molecular flexibility index (Phi) is 6.02. The van der Waals surface area contributed by atoms with Gasteiger partial charge in [-0.25, -0.2) is 15.0 Å². The number of aromatic nitrogens is 2. The van der Waals surface area contributed by atoms with Gasteiger partial charge in [-0.2, -0.15) is 13.2 Å². The third kappa shape index (κ3) is 5.44. The van der Waals surface area contributed by atoms with Crippen molar-refractivity contribution in [3.8, 4) is 11.5 Å². The van der Waals surface area contributed by atoms with E-state index >= 15 is 0 Å². The molecule has 0 radical (unpaired) electrons. The van der Waals surface area contributed by atoms with E-state index in [0.29, 0.717) is 0 Å². The Labute approximate surface area is 157 Å². The number of nitrogens with zero attached hydrogens (tertiary/aromatic N) is 3. The molecule has 1 saturated heterocycles. The summed E-state index contributed by atoms with van der Waals surface area (Å²) in [5.74, 6) is -0.188. The first-order chi connectivity index (χ1) is 12.8. The number of alkyl halides is 3. The van der Waals surface area contributed by atoms with Crippen LogP contribution in [0.5, 0.6) is 0 Å². The van der Waals surface area contributed by atoms with Gasteiger partial charge in [0.25, 0.3) is 0 Å². The molecule has 1 fully saturated rings. The average Bonchev–Trinajstić information content (AvgIpc) is 3.16. The lowest BCUT2D eigenvalue weighted by molar-refractivity contribution is -0.884. The van der Waals surface area contributed by atoms with Gasteiger partial charge in [0.05, 0.1) is 45.2 Å². The van der Waals surface area contributed by atoms with Crippen LogP contribution >= 0.6 is 11.8 Å². The van der Waals surface area contributed by atoms with Gasteiger partial charge in [0.2, 0.25) is 5.91 Å². The van der Waals surface area contributed by atoms with Crippen molar-refractivity contribution in [2.75, 3.05) is 39.0 Å². The Bertz CT molecular complexity index is 777. The lowest BCUT2D eigenvalue weighted by Gasteiger charge is -2.29. The zero-order valence-corrected chi connectivity index (χ0v) is 15.4. The number of halogens is 3. The van der Waals surface area contributed by atoms with Crippen LogP contribution < -0.4 is 10.3 Å². The number of hydrogen-bond donors (Lipinski definition) is 2. The summed E-state index contributed by atoms with van der Waals surface area (Å²) in [6.07, 6.45) is -3.27. The topological polar surface area (TPSA) is 75.7 Å². The second kappa shape index (κ2) is 8.28. The molecule has 0 unspecified atom stereocenters. The number of rotatable bonds is 5. The highest BCUT2D eigenvalue weighted by Gasteiger charge is 2.34. The first-order valence-electron chi connectivity index (χ1n) is 8.30. The van der Waals surface area contributed by atoms with Crippen molar-refractivity contribution in [3.05, 3.63) is 30.2 Å². The zero-order chi connectivity index (χ0) is 19.4. The lowest BCUT2D eigenvalue weighted by Crippen LogP contribution is -3.12. The van der Waals surface area contributed by atoms with Gasteiger partial charge in [-0.3, -0.25) is 10.2 Å². The third-order valence-electron chi connectivity index (χ3n) is 4.00. The Hall–Kier alpha value is -2.11. The summed E-state index contributed by atoms with van der Waals surface area (Å²) in [5, 5.41) is 1.69. The number of likely N-dealkylation sites (N-methyl/N-ethyl adjacent to an activating group) is 1. The molecule has 0 aliphatic carbocycles. The Balaban J connectivity index is 1.67. The average molecular weight is 402 g/mol. The molecule has 1 aliphatic rings. The van der Waals surface area contributed by atoms with Gasteiger partial charge in [0.1, 0.15) is 11.4 Å². The summed E-state index contributed by atoms with van der Waals surface area (Å²) in [6.45, 7) is 3.28. The third-order valence-corrected chi connectivity index (χ3v) is 4.85. The fourth-order valence-electron chi connectivity index (χ4n) is 2.52. The minimum Gasteiger partial charge on any atom is -0.463 e. The van der Waals surface area contributed by atoms with Gasteiger partial charge in [0.15, 0.2) is 10.9 Å². The van der Waals surface area contributed by atoms with E-state index in [9.17, 15) is 18.0 Å². The predicted octanol–water partition coefficient (Wildman–Crippen LogP) is 0.709. The van der Waals surface area contributed by atoms with Crippen LogP contribution in [0.4, 0.5) is 13.2 Å². The van der Waals surface area contributed by atoms with Crippen molar-refractivity contribution in [2.24, 2.45) is 0 Å². The number of quaternary nitrogens is 1. The van der Waals surface area contributed by atoms with E-state index in [2.05, 4.69) is 22.4 Å². The molecule has 146 valence electrons. The van der Waals surface area contributed by atoms with Crippen molar-refractivity contribution in [1.82, 2.24) is 20.4 Å². The summed E-state index contributed by atoms with van der Waals surface area (Å²) >= 11 is 0.852. The minimum absolute atomic E-state index is 0.0206. The van der Waals surface area contributed by atoms with Gasteiger partial charge in [-0.1, -0.05) is 11.8 Å². The number of thioether (sulfide) groups is 1. The molecule has 2 N–H and O–H groups in total. The summed E-state index contributed by atoms with van der Waals surface area (Å²) in [7, 11) is 2.08. The number of carbonyl (C=O) groups is 1. The maximum atomic E-state index is 13.1. The summed E-state index contributed by atoms with van der Waals surface area (Å²) < 4.78 is 44.5. The van der Waals surface area contributed by atoms with Crippen LogP contribution in [0.15, 0.2) is 34.0 Å². The molecule has 0 saturated carbocycles. The standard InChI is InChI=1S/C16H18F3N5O2S/c1-23-4-6-24(7-5-23)22-14(25)10-27-15-20-11(12-3-2-8-26-12)9-13(21-15)16(17,18)19/h2-3,8-9H,4-7,10H2,1H3,(H,22,25)/p+1. The van der Waals surface area contributed by atoms with Crippen LogP contribution in [0.25, 0.3) is 11.5 Å². The summed E-state index contributed by atoms with van der Waals surface area (Å²) in [6, 6.07) is 3.90. The monoisotopic (exact) mass is 402 g/mol. The van der Waals surface area contributed by atoms with E-state index in [1.165, 1.54) is 17.2 Å². The van der Waals surface area contributed by atoms with Gasteiger partial charge < -0.3 is 9.32 Å². The van der Waals surface area contributed by atoms with E-state index in [4.69, 9.17) is 4.42 Å². The summed E-state index contributed by atoms with van der Waals surface area (Å²) in [5.41, 5.74) is 1.71. The number of furan rings is 1. The molecular formula is C16H19F3N5O2S+. The van der Waals surface area contributed by atoms with Crippen LogP contribution in [0.1, 0.15) is 5.69 Å². The zero-order valence-electron chi connectivity index (χ0n) is 14.5. The Morgan fingerprint density at radius 3 is 2.74 bits per heavy atom. The summed E-state index contributed by atoms with van der Waals surface area (Å²) in [4.78, 5) is 21.1. The van der Waals surface area contributed by atoms with Crippen LogP contribution in [-0.4, -0.2) is 59.9 Å². The molecule has 27 heavy (non-hydrogen) atoms. The normalized spacial score (nSPS) is 16.4. The minimum atomic E-state index is -4.62. The van der Waals surface area contributed by atoms with E-state index in [-0.39, 0.29) is 28.3 Å². The number of hydrazine groups is 1. The molecule has 11 heteroatoms. The maximum absolute atomic E-state index is 13.1. The highest BCUT2D eigenvalue weighted by atomic mass is 32.2. The molecule has 2 aromatic heterocycles. The highest BCUT2D eigenvalue weighted by molar-refractivity contribution is 7.99. The molecule has 0 atom stereocenters. The SMILES string of the molecule is C[NH+]1CCN(NC(=O)CSc2nc(-c3ccco3)cc(C(F)(F)F)n2)CC1. The first kappa shape index (κ1) is 19.6. The Morgan fingerprint density at radius 1 is 1.37 bits per heavy atom. The fraction of sp³-hybridized carbons (Fsp3) is 0.438. The number of carbonyl (C=O) groups excluding carboxylic acids is 1. The van der Waals surface area contributed by atoms with Gasteiger partial charge >= 0.3 is 6.18 Å². The van der Waals surface area contributed by atoms with Gasteiger partial charge in [-0.05, 0) is 18.2 Å². The number of nitrogens with one attached hydrogen (secondary N) is 2. The van der Waals surface area contributed by atoms with Gasteiger partial charge in [-0.15, -0.1) is 0 Å². The molecule has 0 spiro atoms. The van der Waals surface area contributed by atoms with Crippen LogP contribution in [0, 0.1) is 0 Å². The van der Waals surface area contributed by atoms with Crippen LogP contribution in [0.3, 0.4) is 0 Å². The molecule has 1 aliphatic heterocycles.